The van der Waals surface area contributed by atoms with Crippen molar-refractivity contribution in [2.75, 3.05) is 45.3 Å². The molecule has 10 heteroatoms. The molecular formula is C17H24N2O7S. The molecule has 0 saturated carbocycles. The van der Waals surface area contributed by atoms with Gasteiger partial charge < -0.3 is 19.5 Å². The SMILES string of the molecule is CCOC(=O)CCC(=O)Nc1cc(S(=O)(=O)N2CCOCC2)ccc1OC. The van der Waals surface area contributed by atoms with Crippen LogP contribution in [0.5, 0.6) is 5.75 Å². The van der Waals surface area contributed by atoms with Crippen molar-refractivity contribution in [3.8, 4) is 5.75 Å². The zero-order chi connectivity index (χ0) is 19.9. The van der Waals surface area contributed by atoms with Crippen LogP contribution in [0.1, 0.15) is 19.8 Å². The fourth-order valence-electron chi connectivity index (χ4n) is 2.54. The number of amides is 1. The van der Waals surface area contributed by atoms with Gasteiger partial charge in [-0.15, -0.1) is 0 Å². The number of benzene rings is 1. The molecule has 1 aliphatic rings. The second-order valence-electron chi connectivity index (χ2n) is 5.73. The molecule has 1 fully saturated rings. The van der Waals surface area contributed by atoms with E-state index < -0.39 is 21.9 Å². The van der Waals surface area contributed by atoms with Gasteiger partial charge in [0.2, 0.25) is 15.9 Å². The maximum atomic E-state index is 12.8. The van der Waals surface area contributed by atoms with Crippen LogP contribution in [-0.2, 0) is 29.1 Å². The quantitative estimate of drug-likeness (QED) is 0.648. The Morgan fingerprint density at radius 1 is 1.22 bits per heavy atom. The van der Waals surface area contributed by atoms with E-state index in [1.54, 1.807) is 6.92 Å². The molecule has 150 valence electrons. The maximum absolute atomic E-state index is 12.8. The van der Waals surface area contributed by atoms with Gasteiger partial charge in [-0.25, -0.2) is 8.42 Å². The summed E-state index contributed by atoms with van der Waals surface area (Å²) in [7, 11) is -2.29. The Morgan fingerprint density at radius 3 is 2.56 bits per heavy atom. The summed E-state index contributed by atoms with van der Waals surface area (Å²) >= 11 is 0. The van der Waals surface area contributed by atoms with Crippen LogP contribution in [0.2, 0.25) is 0 Å². The first-order valence-electron chi connectivity index (χ1n) is 8.60. The van der Waals surface area contributed by atoms with E-state index in [1.165, 1.54) is 29.6 Å². The molecule has 9 nitrogen and oxygen atoms in total. The molecule has 0 aliphatic carbocycles. The van der Waals surface area contributed by atoms with E-state index in [-0.39, 0.29) is 43.1 Å². The second kappa shape index (κ2) is 9.67. The highest BCUT2D eigenvalue weighted by molar-refractivity contribution is 7.89. The van der Waals surface area contributed by atoms with E-state index in [0.29, 0.717) is 19.0 Å². The van der Waals surface area contributed by atoms with Crippen molar-refractivity contribution in [3.63, 3.8) is 0 Å². The minimum absolute atomic E-state index is 0.0471. The molecule has 0 unspecified atom stereocenters. The second-order valence-corrected chi connectivity index (χ2v) is 7.67. The Bertz CT molecular complexity index is 773. The van der Waals surface area contributed by atoms with E-state index in [1.807, 2.05) is 0 Å². The van der Waals surface area contributed by atoms with Gasteiger partial charge in [0.05, 0.1) is 43.9 Å². The Hall–Kier alpha value is -2.17. The van der Waals surface area contributed by atoms with E-state index in [2.05, 4.69) is 5.32 Å². The summed E-state index contributed by atoms with van der Waals surface area (Å²) in [5, 5.41) is 2.59. The highest BCUT2D eigenvalue weighted by Crippen LogP contribution is 2.29. The Kier molecular flexibility index (Phi) is 7.57. The number of hydrogen-bond donors (Lipinski definition) is 1. The summed E-state index contributed by atoms with van der Waals surface area (Å²) < 4.78 is 42.0. The lowest BCUT2D eigenvalue weighted by Crippen LogP contribution is -2.40. The van der Waals surface area contributed by atoms with Gasteiger partial charge >= 0.3 is 5.97 Å². The standard InChI is InChI=1S/C17H24N2O7S/c1-3-26-17(21)7-6-16(20)18-14-12-13(4-5-15(14)24-2)27(22,23)19-8-10-25-11-9-19/h4-5,12H,3,6-11H2,1-2H3,(H,18,20). The number of morpholine rings is 1. The molecule has 1 aliphatic heterocycles. The molecule has 27 heavy (non-hydrogen) atoms. The highest BCUT2D eigenvalue weighted by atomic mass is 32.2. The summed E-state index contributed by atoms with van der Waals surface area (Å²) in [4.78, 5) is 23.5. The zero-order valence-corrected chi connectivity index (χ0v) is 16.2. The average Bonchev–Trinajstić information content (AvgIpc) is 2.67. The number of esters is 1. The maximum Gasteiger partial charge on any atom is 0.306 e. The first-order valence-corrected chi connectivity index (χ1v) is 10.0. The van der Waals surface area contributed by atoms with Crippen LogP contribution in [0.4, 0.5) is 5.69 Å². The average molecular weight is 400 g/mol. The van der Waals surface area contributed by atoms with Gasteiger partial charge in [0.1, 0.15) is 5.75 Å². The van der Waals surface area contributed by atoms with Crippen LogP contribution in [0.25, 0.3) is 0 Å². The van der Waals surface area contributed by atoms with Crippen LogP contribution in [-0.4, -0.2) is 64.6 Å². The molecule has 1 heterocycles. The Balaban J connectivity index is 2.14. The van der Waals surface area contributed by atoms with Crippen LogP contribution < -0.4 is 10.1 Å². The number of rotatable bonds is 8. The van der Waals surface area contributed by atoms with Gasteiger partial charge in [-0.1, -0.05) is 0 Å². The number of sulfonamides is 1. The van der Waals surface area contributed by atoms with Gasteiger partial charge in [0, 0.05) is 19.5 Å². The predicted molar refractivity (Wildman–Crippen MR) is 97.1 cm³/mol. The topological polar surface area (TPSA) is 111 Å². The minimum atomic E-state index is -3.71. The molecular weight excluding hydrogens is 376 g/mol. The van der Waals surface area contributed by atoms with Crippen molar-refractivity contribution in [1.29, 1.82) is 0 Å². The molecule has 1 N–H and O–H groups in total. The number of nitrogens with zero attached hydrogens (tertiary/aromatic N) is 1. The molecule has 1 amide bonds. The van der Waals surface area contributed by atoms with Crippen molar-refractivity contribution in [3.05, 3.63) is 18.2 Å². The third-order valence-electron chi connectivity index (χ3n) is 3.91. The first kappa shape index (κ1) is 21.1. The third kappa shape index (κ3) is 5.65. The highest BCUT2D eigenvalue weighted by Gasteiger charge is 2.27. The lowest BCUT2D eigenvalue weighted by atomic mass is 10.2. The summed E-state index contributed by atoms with van der Waals surface area (Å²) in [5.41, 5.74) is 0.223. The van der Waals surface area contributed by atoms with Crippen molar-refractivity contribution in [2.24, 2.45) is 0 Å². The fourth-order valence-corrected chi connectivity index (χ4v) is 3.98. The number of carbonyl (C=O) groups excluding carboxylic acids is 2. The zero-order valence-electron chi connectivity index (χ0n) is 15.4. The molecule has 0 radical (unpaired) electrons. The first-order chi connectivity index (χ1) is 12.9. The Labute approximate surface area is 158 Å². The number of ether oxygens (including phenoxy) is 3. The molecule has 0 spiro atoms. The number of methoxy groups -OCH3 is 1. The molecule has 0 bridgehead atoms. The van der Waals surface area contributed by atoms with Crippen molar-refractivity contribution < 1.29 is 32.2 Å². The van der Waals surface area contributed by atoms with Crippen LogP contribution >= 0.6 is 0 Å². The molecule has 0 aromatic heterocycles. The molecule has 1 aromatic carbocycles. The lowest BCUT2D eigenvalue weighted by molar-refractivity contribution is -0.144. The summed E-state index contributed by atoms with van der Waals surface area (Å²) in [6.45, 7) is 3.16. The molecule has 0 atom stereocenters. The van der Waals surface area contributed by atoms with Gasteiger partial charge in [-0.2, -0.15) is 4.31 Å². The Morgan fingerprint density at radius 2 is 1.93 bits per heavy atom. The van der Waals surface area contributed by atoms with E-state index >= 15 is 0 Å². The predicted octanol–water partition coefficient (Wildman–Crippen LogP) is 0.998. The lowest BCUT2D eigenvalue weighted by Gasteiger charge is -2.26. The van der Waals surface area contributed by atoms with E-state index in [0.717, 1.165) is 0 Å². The normalized spacial score (nSPS) is 15.2. The number of hydrogen-bond acceptors (Lipinski definition) is 7. The summed E-state index contributed by atoms with van der Waals surface area (Å²) in [6, 6.07) is 4.26. The minimum Gasteiger partial charge on any atom is -0.495 e. The van der Waals surface area contributed by atoms with Crippen LogP contribution in [0.3, 0.4) is 0 Å². The molecule has 2 rings (SSSR count). The van der Waals surface area contributed by atoms with Gasteiger partial charge in [0.15, 0.2) is 0 Å². The van der Waals surface area contributed by atoms with Crippen molar-refractivity contribution >= 4 is 27.6 Å². The fraction of sp³-hybridized carbons (Fsp3) is 0.529. The van der Waals surface area contributed by atoms with Gasteiger partial charge in [-0.3, -0.25) is 9.59 Å². The molecule has 1 aromatic rings. The van der Waals surface area contributed by atoms with Crippen molar-refractivity contribution in [2.45, 2.75) is 24.7 Å². The number of nitrogens with one attached hydrogen (secondary N) is 1. The summed E-state index contributed by atoms with van der Waals surface area (Å²) in [6.07, 6.45) is -0.143. The summed E-state index contributed by atoms with van der Waals surface area (Å²) in [5.74, 6) is -0.592. The monoisotopic (exact) mass is 400 g/mol. The largest absolute Gasteiger partial charge is 0.495 e. The van der Waals surface area contributed by atoms with Gasteiger partial charge in [-0.05, 0) is 25.1 Å². The van der Waals surface area contributed by atoms with E-state index in [4.69, 9.17) is 14.2 Å². The van der Waals surface area contributed by atoms with Crippen molar-refractivity contribution in [1.82, 2.24) is 4.31 Å². The van der Waals surface area contributed by atoms with Crippen LogP contribution in [0.15, 0.2) is 23.1 Å². The van der Waals surface area contributed by atoms with Gasteiger partial charge in [0.25, 0.3) is 0 Å². The van der Waals surface area contributed by atoms with E-state index in [9.17, 15) is 18.0 Å². The molecule has 1 saturated heterocycles. The third-order valence-corrected chi connectivity index (χ3v) is 5.81. The van der Waals surface area contributed by atoms with Crippen LogP contribution in [0, 0.1) is 0 Å². The number of carbonyl (C=O) groups is 2. The smallest absolute Gasteiger partial charge is 0.306 e. The number of anilines is 1.